The van der Waals surface area contributed by atoms with Gasteiger partial charge in [0, 0.05) is 26.2 Å². The third-order valence-electron chi connectivity index (χ3n) is 4.44. The Morgan fingerprint density at radius 1 is 1.11 bits per heavy atom. The molecule has 1 fully saturated rings. The Morgan fingerprint density at radius 2 is 1.81 bits per heavy atom. The van der Waals surface area contributed by atoms with E-state index in [1.165, 1.54) is 12.1 Å². The molecule has 27 heavy (non-hydrogen) atoms. The van der Waals surface area contributed by atoms with Crippen molar-refractivity contribution in [1.82, 2.24) is 15.5 Å². The average Bonchev–Trinajstić information content (AvgIpc) is 3.22. The van der Waals surface area contributed by atoms with Crippen LogP contribution in [0.4, 0.5) is 4.39 Å². The van der Waals surface area contributed by atoms with Gasteiger partial charge < -0.3 is 15.4 Å². The highest BCUT2D eigenvalue weighted by Gasteiger charge is 2.24. The molecular weight excluding hydrogens is 369 g/mol. The van der Waals surface area contributed by atoms with E-state index in [4.69, 9.17) is 4.74 Å². The van der Waals surface area contributed by atoms with Crippen molar-refractivity contribution < 1.29 is 18.7 Å². The molecule has 8 heteroatoms. The molecular formula is C19H22FN3O3S. The van der Waals surface area contributed by atoms with Crippen LogP contribution in [0.2, 0.25) is 0 Å². The van der Waals surface area contributed by atoms with E-state index >= 15 is 0 Å². The highest BCUT2D eigenvalue weighted by atomic mass is 32.1. The number of carbonyl (C=O) groups excluding carboxylic acids is 2. The minimum atomic E-state index is -0.703. The molecule has 1 aromatic carbocycles. The predicted octanol–water partition coefficient (Wildman–Crippen LogP) is 1.69. The van der Waals surface area contributed by atoms with Crippen molar-refractivity contribution >= 4 is 23.2 Å². The number of hydrogen-bond acceptors (Lipinski definition) is 5. The molecule has 1 aliphatic rings. The Labute approximate surface area is 161 Å². The maximum absolute atomic E-state index is 12.9. The van der Waals surface area contributed by atoms with Crippen LogP contribution >= 0.6 is 11.3 Å². The van der Waals surface area contributed by atoms with Crippen LogP contribution in [0.5, 0.6) is 0 Å². The number of nitrogens with one attached hydrogen (secondary N) is 2. The van der Waals surface area contributed by atoms with E-state index in [0.29, 0.717) is 19.8 Å². The lowest BCUT2D eigenvalue weighted by Gasteiger charge is -2.34. The van der Waals surface area contributed by atoms with Crippen LogP contribution in [0.15, 0.2) is 41.1 Å². The van der Waals surface area contributed by atoms with Crippen LogP contribution in [-0.4, -0.2) is 49.6 Å². The summed E-state index contributed by atoms with van der Waals surface area (Å²) < 4.78 is 18.3. The molecule has 0 spiro atoms. The fourth-order valence-electron chi connectivity index (χ4n) is 2.95. The lowest BCUT2D eigenvalue weighted by atomic mass is 10.1. The van der Waals surface area contributed by atoms with Crippen molar-refractivity contribution in [3.8, 4) is 0 Å². The van der Waals surface area contributed by atoms with Crippen molar-refractivity contribution in [1.29, 1.82) is 0 Å². The maximum Gasteiger partial charge on any atom is 0.309 e. The van der Waals surface area contributed by atoms with Gasteiger partial charge in [0.15, 0.2) is 0 Å². The molecule has 1 saturated heterocycles. The van der Waals surface area contributed by atoms with Crippen molar-refractivity contribution in [2.75, 3.05) is 32.8 Å². The Kier molecular flexibility index (Phi) is 6.92. The van der Waals surface area contributed by atoms with Crippen molar-refractivity contribution in [3.05, 3.63) is 58.0 Å². The van der Waals surface area contributed by atoms with Gasteiger partial charge in [-0.2, -0.15) is 11.3 Å². The van der Waals surface area contributed by atoms with E-state index in [2.05, 4.69) is 20.9 Å². The molecule has 144 valence electrons. The zero-order valence-corrected chi connectivity index (χ0v) is 15.6. The monoisotopic (exact) mass is 391 g/mol. The summed E-state index contributed by atoms with van der Waals surface area (Å²) in [6.07, 6.45) is 0. The highest BCUT2D eigenvalue weighted by Crippen LogP contribution is 2.23. The summed E-state index contributed by atoms with van der Waals surface area (Å²) >= 11 is 1.60. The van der Waals surface area contributed by atoms with Crippen LogP contribution < -0.4 is 10.6 Å². The number of carbonyl (C=O) groups is 2. The summed E-state index contributed by atoms with van der Waals surface area (Å²) in [5.41, 5.74) is 1.84. The summed E-state index contributed by atoms with van der Waals surface area (Å²) in [5, 5.41) is 9.33. The van der Waals surface area contributed by atoms with Crippen molar-refractivity contribution in [3.63, 3.8) is 0 Å². The topological polar surface area (TPSA) is 70.7 Å². The molecule has 0 radical (unpaired) electrons. The zero-order valence-electron chi connectivity index (χ0n) is 14.8. The number of nitrogens with zero attached hydrogens (tertiary/aromatic N) is 1. The molecule has 1 atom stereocenters. The zero-order chi connectivity index (χ0) is 19.1. The van der Waals surface area contributed by atoms with Gasteiger partial charge in [-0.3, -0.25) is 14.5 Å². The van der Waals surface area contributed by atoms with Gasteiger partial charge in [0.2, 0.25) is 0 Å². The van der Waals surface area contributed by atoms with E-state index in [0.717, 1.165) is 24.2 Å². The fraction of sp³-hybridized carbons (Fsp3) is 0.368. The van der Waals surface area contributed by atoms with Crippen LogP contribution in [0.25, 0.3) is 0 Å². The lowest BCUT2D eigenvalue weighted by Crippen LogP contribution is -2.46. The Hall–Kier alpha value is -2.29. The smallest absolute Gasteiger partial charge is 0.309 e. The van der Waals surface area contributed by atoms with Crippen LogP contribution in [0.3, 0.4) is 0 Å². The van der Waals surface area contributed by atoms with Gasteiger partial charge in [0.05, 0.1) is 19.3 Å². The van der Waals surface area contributed by atoms with E-state index in [1.54, 1.807) is 23.5 Å². The van der Waals surface area contributed by atoms with Crippen LogP contribution in [0, 0.1) is 5.82 Å². The summed E-state index contributed by atoms with van der Waals surface area (Å²) in [6, 6.07) is 7.81. The molecule has 3 rings (SSSR count). The van der Waals surface area contributed by atoms with Crippen molar-refractivity contribution in [2.24, 2.45) is 0 Å². The van der Waals surface area contributed by atoms with Crippen LogP contribution in [0.1, 0.15) is 17.2 Å². The number of rotatable bonds is 6. The van der Waals surface area contributed by atoms with Crippen molar-refractivity contribution in [2.45, 2.75) is 12.6 Å². The first-order valence-electron chi connectivity index (χ1n) is 8.78. The Balaban J connectivity index is 1.52. The van der Waals surface area contributed by atoms with Gasteiger partial charge >= 0.3 is 11.8 Å². The van der Waals surface area contributed by atoms with E-state index in [1.807, 2.05) is 11.4 Å². The SMILES string of the molecule is O=C(NCc1ccc(F)cc1)C(=O)NC[C@@H](c1ccsc1)N1CCOCC1. The van der Waals surface area contributed by atoms with Crippen LogP contribution in [-0.2, 0) is 20.9 Å². The second kappa shape index (κ2) is 9.59. The third-order valence-corrected chi connectivity index (χ3v) is 5.14. The lowest BCUT2D eigenvalue weighted by molar-refractivity contribution is -0.139. The third kappa shape index (κ3) is 5.59. The molecule has 2 aromatic rings. The van der Waals surface area contributed by atoms with Gasteiger partial charge in [-0.1, -0.05) is 12.1 Å². The van der Waals surface area contributed by atoms with Gasteiger partial charge in [-0.15, -0.1) is 0 Å². The molecule has 0 bridgehead atoms. The summed E-state index contributed by atoms with van der Waals surface area (Å²) in [5.74, 6) is -1.72. The second-order valence-corrected chi connectivity index (χ2v) is 7.02. The molecule has 2 heterocycles. The number of thiophene rings is 1. The Morgan fingerprint density at radius 3 is 2.48 bits per heavy atom. The second-order valence-electron chi connectivity index (χ2n) is 6.24. The van der Waals surface area contributed by atoms with Gasteiger partial charge in [0.1, 0.15) is 5.82 Å². The molecule has 0 saturated carbocycles. The molecule has 1 aromatic heterocycles. The maximum atomic E-state index is 12.9. The van der Waals surface area contributed by atoms with Gasteiger partial charge in [0.25, 0.3) is 0 Å². The average molecular weight is 391 g/mol. The number of ether oxygens (including phenoxy) is 1. The molecule has 2 N–H and O–H groups in total. The Bertz CT molecular complexity index is 746. The fourth-order valence-corrected chi connectivity index (χ4v) is 3.65. The molecule has 0 unspecified atom stereocenters. The largest absolute Gasteiger partial charge is 0.379 e. The van der Waals surface area contributed by atoms with Gasteiger partial charge in [-0.25, -0.2) is 4.39 Å². The first kappa shape index (κ1) is 19.5. The predicted molar refractivity (Wildman–Crippen MR) is 101 cm³/mol. The summed E-state index contributed by atoms with van der Waals surface area (Å²) in [4.78, 5) is 26.4. The molecule has 6 nitrogen and oxygen atoms in total. The van der Waals surface area contributed by atoms with E-state index < -0.39 is 11.8 Å². The van der Waals surface area contributed by atoms with E-state index in [-0.39, 0.29) is 18.4 Å². The number of amides is 2. The normalized spacial score (nSPS) is 15.9. The number of morpholine rings is 1. The summed E-state index contributed by atoms with van der Waals surface area (Å²) in [7, 11) is 0. The minimum absolute atomic E-state index is 0.00833. The first-order chi connectivity index (χ1) is 13.1. The highest BCUT2D eigenvalue weighted by molar-refractivity contribution is 7.07. The number of halogens is 1. The molecule has 1 aliphatic heterocycles. The first-order valence-corrected chi connectivity index (χ1v) is 9.72. The number of hydrogen-bond donors (Lipinski definition) is 2. The quantitative estimate of drug-likeness (QED) is 0.736. The minimum Gasteiger partial charge on any atom is -0.379 e. The number of benzene rings is 1. The molecule has 2 amide bonds. The van der Waals surface area contributed by atoms with E-state index in [9.17, 15) is 14.0 Å². The summed E-state index contributed by atoms with van der Waals surface area (Å²) in [6.45, 7) is 3.41. The molecule has 0 aliphatic carbocycles. The standard InChI is InChI=1S/C19H22FN3O3S/c20-16-3-1-14(2-4-16)11-21-18(24)19(25)22-12-17(15-5-10-27-13-15)23-6-8-26-9-7-23/h1-5,10,13,17H,6-9,11-12H2,(H,21,24)(H,22,25)/t17-/m0/s1. The van der Waals surface area contributed by atoms with Gasteiger partial charge in [-0.05, 0) is 40.1 Å².